The molecule has 0 atom stereocenters. The topological polar surface area (TPSA) is 91.4 Å². The van der Waals surface area contributed by atoms with Gasteiger partial charge in [0, 0.05) is 0 Å². The number of hydrogen-bond acceptors (Lipinski definition) is 6. The molecule has 0 saturated carbocycles. The van der Waals surface area contributed by atoms with Gasteiger partial charge in [0.25, 0.3) is 0 Å². The summed E-state index contributed by atoms with van der Waals surface area (Å²) in [6.07, 6.45) is 0. The smallest absolute Gasteiger partial charge is 0.404 e. The molecular weight excluding hydrogens is 172 g/mol. The van der Waals surface area contributed by atoms with E-state index in [-0.39, 0.29) is 5.65 Å². The van der Waals surface area contributed by atoms with Gasteiger partial charge >= 0.3 is 5.65 Å². The van der Waals surface area contributed by atoms with Crippen molar-refractivity contribution in [3.8, 4) is 0 Å². The fraction of sp³-hybridized carbons (Fsp3) is 0.333. The lowest BCUT2D eigenvalue weighted by Crippen LogP contribution is -2.35. The molecule has 0 fully saturated rings. The average Bonchev–Trinajstić information content (AvgIpc) is 2.07. The zero-order chi connectivity index (χ0) is 9.42. The van der Waals surface area contributed by atoms with E-state index in [4.69, 9.17) is 0 Å². The summed E-state index contributed by atoms with van der Waals surface area (Å²) >= 11 is 0. The van der Waals surface area contributed by atoms with Crippen LogP contribution in [0.25, 0.3) is 11.2 Å². The van der Waals surface area contributed by atoms with Crippen molar-refractivity contribution >= 4 is 11.2 Å². The van der Waals surface area contributed by atoms with Crippen LogP contribution in [0.4, 0.5) is 0 Å². The molecule has 0 saturated heterocycles. The molecule has 13 heavy (non-hydrogen) atoms. The van der Waals surface area contributed by atoms with Crippen molar-refractivity contribution in [1.82, 2.24) is 25.5 Å². The van der Waals surface area contributed by atoms with Crippen LogP contribution in [-0.4, -0.2) is 25.5 Å². The van der Waals surface area contributed by atoms with E-state index >= 15 is 0 Å². The van der Waals surface area contributed by atoms with Gasteiger partial charge in [0.2, 0.25) is 0 Å². The minimum Gasteiger partial charge on any atom is -0.690 e. The number of rotatable bonds is 0. The third-order valence-corrected chi connectivity index (χ3v) is 1.58. The van der Waals surface area contributed by atoms with Crippen LogP contribution in [0, 0.1) is 19.1 Å². The second-order valence-corrected chi connectivity index (χ2v) is 2.58. The maximum atomic E-state index is 11.2. The van der Waals surface area contributed by atoms with Gasteiger partial charge in [-0.25, -0.2) is 4.98 Å². The lowest BCUT2D eigenvalue weighted by Gasteiger charge is -2.00. The summed E-state index contributed by atoms with van der Waals surface area (Å²) in [5, 5.41) is 25.4. The number of aromatic nitrogens is 6. The Hall–Kier alpha value is -1.92. The van der Waals surface area contributed by atoms with Crippen LogP contribution in [0.2, 0.25) is 0 Å². The largest absolute Gasteiger partial charge is 0.690 e. The Bertz CT molecular complexity index is 470. The van der Waals surface area contributed by atoms with Gasteiger partial charge in [-0.05, 0) is 13.8 Å². The van der Waals surface area contributed by atoms with Gasteiger partial charge in [-0.1, -0.05) is 5.10 Å². The summed E-state index contributed by atoms with van der Waals surface area (Å²) in [7, 11) is 0. The van der Waals surface area contributed by atoms with Crippen molar-refractivity contribution in [2.24, 2.45) is 0 Å². The highest BCUT2D eigenvalue weighted by atomic mass is 16.5. The maximum absolute atomic E-state index is 11.2. The van der Waals surface area contributed by atoms with Crippen LogP contribution in [0.3, 0.4) is 0 Å². The zero-order valence-corrected chi connectivity index (χ0v) is 7.09. The van der Waals surface area contributed by atoms with Crippen molar-refractivity contribution in [3.05, 3.63) is 16.7 Å². The van der Waals surface area contributed by atoms with E-state index in [1.54, 1.807) is 13.8 Å². The van der Waals surface area contributed by atoms with Gasteiger partial charge in [-0.2, -0.15) is 0 Å². The summed E-state index contributed by atoms with van der Waals surface area (Å²) in [6, 6.07) is 0. The van der Waals surface area contributed by atoms with Crippen molar-refractivity contribution in [2.75, 3.05) is 0 Å². The summed E-state index contributed by atoms with van der Waals surface area (Å²) in [4.78, 5) is 4.44. The lowest BCUT2D eigenvalue weighted by atomic mass is 10.4. The lowest BCUT2D eigenvalue weighted by molar-refractivity contribution is -0.646. The molecule has 0 radical (unpaired) electrons. The molecule has 0 aliphatic carbocycles. The number of hydrogen-bond donors (Lipinski definition) is 0. The predicted octanol–water partition coefficient (Wildman–Crippen LogP) is -0.935. The quantitative estimate of drug-likeness (QED) is 0.382. The van der Waals surface area contributed by atoms with E-state index in [1.165, 1.54) is 0 Å². The minimum atomic E-state index is 0.0955. The van der Waals surface area contributed by atoms with Crippen LogP contribution in [0.1, 0.15) is 11.5 Å². The number of aryl methyl sites for hydroxylation is 2. The Balaban J connectivity index is 2.94. The molecule has 0 N–H and O–H groups in total. The van der Waals surface area contributed by atoms with Crippen LogP contribution < -0.4 is 4.85 Å². The predicted molar refractivity (Wildman–Crippen MR) is 41.4 cm³/mol. The molecule has 0 aliphatic heterocycles. The molecule has 0 amide bonds. The van der Waals surface area contributed by atoms with Crippen molar-refractivity contribution < 1.29 is 4.85 Å². The maximum Gasteiger partial charge on any atom is 0.404 e. The Morgan fingerprint density at radius 2 is 2.00 bits per heavy atom. The molecule has 2 rings (SSSR count). The molecule has 0 unspecified atom stereocenters. The molecular formula is C6H6N6O. The highest BCUT2D eigenvalue weighted by molar-refractivity contribution is 5.67. The van der Waals surface area contributed by atoms with Gasteiger partial charge in [0.15, 0.2) is 11.3 Å². The van der Waals surface area contributed by atoms with E-state index in [9.17, 15) is 5.21 Å². The third-order valence-electron chi connectivity index (χ3n) is 1.58. The fourth-order valence-electron chi connectivity index (χ4n) is 1.01. The molecule has 0 aliphatic rings. The first-order valence-corrected chi connectivity index (χ1v) is 3.62. The van der Waals surface area contributed by atoms with Crippen LogP contribution in [0.15, 0.2) is 0 Å². The first-order valence-electron chi connectivity index (χ1n) is 3.62. The second-order valence-electron chi connectivity index (χ2n) is 2.58. The SMILES string of the molecule is Cc1nc2c(C)nnnc2[n+]([O-])n1. The molecule has 66 valence electrons. The molecule has 2 aromatic rings. The summed E-state index contributed by atoms with van der Waals surface area (Å²) < 4.78 is 0. The number of nitrogens with zero attached hydrogens (tertiary/aromatic N) is 6. The monoisotopic (exact) mass is 178 g/mol. The van der Waals surface area contributed by atoms with Crippen LogP contribution >= 0.6 is 0 Å². The Labute approximate surface area is 73.0 Å². The summed E-state index contributed by atoms with van der Waals surface area (Å²) in [6.45, 7) is 3.34. The first-order chi connectivity index (χ1) is 6.18. The van der Waals surface area contributed by atoms with Crippen molar-refractivity contribution in [3.63, 3.8) is 0 Å². The standard InChI is InChI=1S/C6H6N6O/c1-3-5-6(9-11-8-3)12(13)10-4(2)7-5/h1-2H3. The van der Waals surface area contributed by atoms with E-state index in [0.29, 0.717) is 21.9 Å². The van der Waals surface area contributed by atoms with Gasteiger partial charge in [-0.15, -0.1) is 9.94 Å². The van der Waals surface area contributed by atoms with E-state index in [0.717, 1.165) is 0 Å². The highest BCUT2D eigenvalue weighted by Gasteiger charge is 2.13. The van der Waals surface area contributed by atoms with Crippen LogP contribution in [0.5, 0.6) is 0 Å². The van der Waals surface area contributed by atoms with Crippen molar-refractivity contribution in [2.45, 2.75) is 13.8 Å². The Morgan fingerprint density at radius 3 is 2.77 bits per heavy atom. The van der Waals surface area contributed by atoms with Gasteiger partial charge in [0.1, 0.15) is 5.10 Å². The first kappa shape index (κ1) is 7.71. The third kappa shape index (κ3) is 1.13. The summed E-state index contributed by atoms with van der Waals surface area (Å²) in [5.41, 5.74) is 1.11. The zero-order valence-electron chi connectivity index (χ0n) is 7.09. The number of fused-ring (bicyclic) bond motifs is 1. The highest BCUT2D eigenvalue weighted by Crippen LogP contribution is 2.04. The molecule has 0 aromatic carbocycles. The van der Waals surface area contributed by atoms with Gasteiger partial charge < -0.3 is 5.21 Å². The molecule has 0 spiro atoms. The molecule has 7 heteroatoms. The second kappa shape index (κ2) is 2.54. The van der Waals surface area contributed by atoms with Gasteiger partial charge in [-0.3, -0.25) is 0 Å². The van der Waals surface area contributed by atoms with E-state index < -0.39 is 0 Å². The Kier molecular flexibility index (Phi) is 1.51. The van der Waals surface area contributed by atoms with E-state index in [1.807, 2.05) is 0 Å². The van der Waals surface area contributed by atoms with Crippen molar-refractivity contribution in [1.29, 1.82) is 0 Å². The van der Waals surface area contributed by atoms with Crippen LogP contribution in [-0.2, 0) is 0 Å². The normalized spacial score (nSPS) is 10.6. The average molecular weight is 178 g/mol. The minimum absolute atomic E-state index is 0.0955. The molecule has 7 nitrogen and oxygen atoms in total. The van der Waals surface area contributed by atoms with Gasteiger partial charge in [0.05, 0.1) is 10.9 Å². The Morgan fingerprint density at radius 1 is 1.23 bits per heavy atom. The molecule has 0 bridgehead atoms. The summed E-state index contributed by atoms with van der Waals surface area (Å²) in [5.74, 6) is 0.389. The fourth-order valence-corrected chi connectivity index (χ4v) is 1.01. The van der Waals surface area contributed by atoms with E-state index in [2.05, 4.69) is 25.5 Å². The molecule has 2 heterocycles. The molecule has 2 aromatic heterocycles.